The standard InChI is InChI=1S/C42H57N5O4/c1-30(2)25-38(40(49)28-34(17-9-11-21-43)42(51)47-23-19-33(20-24-47)37-18-10-12-22-45-37)46-41(50)35(26-31-13-5-3-6-14-31)29-39(48)36(44)27-32-15-7-4-8-16-32/h3-8,10,12-16,18,22,30,33-36,38H,9,11,17,19-21,23-29,43-44H2,1-2H3,(H,46,50)/t34-,35-,36+,38+/m0/s1. The van der Waals surface area contributed by atoms with E-state index in [2.05, 4.69) is 10.3 Å². The number of aromatic nitrogens is 1. The van der Waals surface area contributed by atoms with Crippen LogP contribution < -0.4 is 16.8 Å². The Balaban J connectivity index is 1.45. The average Bonchev–Trinajstić information content (AvgIpc) is 3.14. The van der Waals surface area contributed by atoms with Crippen molar-refractivity contribution in [2.45, 2.75) is 96.1 Å². The highest BCUT2D eigenvalue weighted by Gasteiger charge is 2.34. The zero-order valence-electron chi connectivity index (χ0n) is 30.4. The quantitative estimate of drug-likeness (QED) is 0.134. The number of hydrogen-bond donors (Lipinski definition) is 3. The monoisotopic (exact) mass is 695 g/mol. The summed E-state index contributed by atoms with van der Waals surface area (Å²) < 4.78 is 0. The SMILES string of the molecule is CC(C)C[C@@H](NC(=O)[C@H](CC(=O)[C@H](N)Cc1ccccc1)Cc1ccccc1)C(=O)C[C@H](CCCCN)C(=O)N1CCC(c2ccccn2)CC1. The Kier molecular flexibility index (Phi) is 16.0. The lowest BCUT2D eigenvalue weighted by Crippen LogP contribution is -2.48. The van der Waals surface area contributed by atoms with Crippen LogP contribution in [-0.2, 0) is 32.0 Å². The van der Waals surface area contributed by atoms with Crippen LogP contribution in [0.25, 0.3) is 0 Å². The lowest BCUT2D eigenvalue weighted by atomic mass is 9.87. The van der Waals surface area contributed by atoms with Gasteiger partial charge in [-0.25, -0.2) is 0 Å². The second-order valence-electron chi connectivity index (χ2n) is 14.6. The van der Waals surface area contributed by atoms with E-state index in [9.17, 15) is 19.2 Å². The highest BCUT2D eigenvalue weighted by Crippen LogP contribution is 2.29. The van der Waals surface area contributed by atoms with E-state index >= 15 is 0 Å². The molecule has 0 saturated carbocycles. The Hall–Kier alpha value is -4.21. The van der Waals surface area contributed by atoms with Gasteiger partial charge in [-0.1, -0.05) is 87.0 Å². The fourth-order valence-electron chi connectivity index (χ4n) is 7.07. The number of piperidine rings is 1. The van der Waals surface area contributed by atoms with Crippen LogP contribution in [0.5, 0.6) is 0 Å². The van der Waals surface area contributed by atoms with Gasteiger partial charge in [0.05, 0.1) is 12.1 Å². The molecule has 2 amide bonds. The van der Waals surface area contributed by atoms with E-state index in [1.165, 1.54) is 0 Å². The molecule has 274 valence electrons. The van der Waals surface area contributed by atoms with Crippen LogP contribution in [0.3, 0.4) is 0 Å². The Bertz CT molecular complexity index is 1510. The summed E-state index contributed by atoms with van der Waals surface area (Å²) in [6.45, 7) is 5.78. The molecular weight excluding hydrogens is 638 g/mol. The third-order valence-corrected chi connectivity index (χ3v) is 9.98. The zero-order valence-corrected chi connectivity index (χ0v) is 30.4. The molecule has 1 aliphatic rings. The summed E-state index contributed by atoms with van der Waals surface area (Å²) >= 11 is 0. The smallest absolute Gasteiger partial charge is 0.226 e. The van der Waals surface area contributed by atoms with Gasteiger partial charge in [0.1, 0.15) is 0 Å². The molecule has 2 aromatic carbocycles. The molecule has 0 radical (unpaired) electrons. The van der Waals surface area contributed by atoms with E-state index < -0.39 is 23.9 Å². The molecule has 1 aromatic heterocycles. The molecule has 0 unspecified atom stereocenters. The number of Topliss-reactive ketones (excluding diaryl/α,β-unsaturated/α-hetero) is 2. The summed E-state index contributed by atoms with van der Waals surface area (Å²) in [5.41, 5.74) is 15.1. The summed E-state index contributed by atoms with van der Waals surface area (Å²) in [6.07, 6.45) is 6.71. The lowest BCUT2D eigenvalue weighted by molar-refractivity contribution is -0.140. The highest BCUT2D eigenvalue weighted by atomic mass is 16.2. The predicted octanol–water partition coefficient (Wildman–Crippen LogP) is 5.41. The molecule has 0 spiro atoms. The molecule has 51 heavy (non-hydrogen) atoms. The van der Waals surface area contributed by atoms with Crippen molar-refractivity contribution in [1.29, 1.82) is 0 Å². The highest BCUT2D eigenvalue weighted by molar-refractivity contribution is 5.94. The molecule has 4 atom stereocenters. The van der Waals surface area contributed by atoms with Gasteiger partial charge in [0.2, 0.25) is 11.8 Å². The summed E-state index contributed by atoms with van der Waals surface area (Å²) in [7, 11) is 0. The van der Waals surface area contributed by atoms with E-state index in [0.29, 0.717) is 51.2 Å². The maximum absolute atomic E-state index is 14.1. The van der Waals surface area contributed by atoms with Crippen LogP contribution in [0.15, 0.2) is 85.1 Å². The van der Waals surface area contributed by atoms with Crippen LogP contribution in [-0.4, -0.2) is 65.0 Å². The van der Waals surface area contributed by atoms with Crippen molar-refractivity contribution >= 4 is 23.4 Å². The number of carbonyl (C=O) groups excluding carboxylic acids is 4. The number of amides is 2. The molecule has 1 fully saturated rings. The summed E-state index contributed by atoms with van der Waals surface area (Å²) in [5, 5.41) is 3.04. The molecule has 9 nitrogen and oxygen atoms in total. The Labute approximate surface area is 304 Å². The van der Waals surface area contributed by atoms with E-state index in [-0.39, 0.29) is 42.1 Å². The van der Waals surface area contributed by atoms with E-state index in [0.717, 1.165) is 42.5 Å². The summed E-state index contributed by atoms with van der Waals surface area (Å²) in [5.74, 6) is -1.47. The second-order valence-corrected chi connectivity index (χ2v) is 14.6. The van der Waals surface area contributed by atoms with Gasteiger partial charge in [0.15, 0.2) is 11.6 Å². The van der Waals surface area contributed by atoms with Gasteiger partial charge >= 0.3 is 0 Å². The normalized spacial score (nSPS) is 15.9. The lowest BCUT2D eigenvalue weighted by Gasteiger charge is -2.34. The first kappa shape index (κ1) is 39.6. The minimum absolute atomic E-state index is 0.00517. The van der Waals surface area contributed by atoms with Crippen molar-refractivity contribution in [1.82, 2.24) is 15.2 Å². The maximum atomic E-state index is 14.1. The number of likely N-dealkylation sites (tertiary alicyclic amines) is 1. The molecule has 1 saturated heterocycles. The predicted molar refractivity (Wildman–Crippen MR) is 202 cm³/mol. The second kappa shape index (κ2) is 20.6. The third-order valence-electron chi connectivity index (χ3n) is 9.98. The molecule has 9 heteroatoms. The van der Waals surface area contributed by atoms with Crippen molar-refractivity contribution in [3.63, 3.8) is 0 Å². The van der Waals surface area contributed by atoms with Crippen molar-refractivity contribution in [2.75, 3.05) is 19.6 Å². The number of carbonyl (C=O) groups is 4. The van der Waals surface area contributed by atoms with Crippen LogP contribution in [0.2, 0.25) is 0 Å². The molecule has 0 bridgehead atoms. The van der Waals surface area contributed by atoms with Crippen LogP contribution >= 0.6 is 0 Å². The molecule has 0 aliphatic carbocycles. The van der Waals surface area contributed by atoms with Gasteiger partial charge in [0.25, 0.3) is 0 Å². The third kappa shape index (κ3) is 12.8. The molecule has 1 aliphatic heterocycles. The first-order valence-corrected chi connectivity index (χ1v) is 18.7. The Morgan fingerprint density at radius 3 is 2.00 bits per heavy atom. The van der Waals surface area contributed by atoms with E-state index in [4.69, 9.17) is 11.5 Å². The number of nitrogens with two attached hydrogens (primary N) is 2. The van der Waals surface area contributed by atoms with Gasteiger partial charge in [-0.3, -0.25) is 24.2 Å². The number of nitrogens with zero attached hydrogens (tertiary/aromatic N) is 2. The molecular formula is C42H57N5O4. The number of hydrogen-bond acceptors (Lipinski definition) is 7. The first-order chi connectivity index (χ1) is 24.6. The number of nitrogens with one attached hydrogen (secondary N) is 1. The minimum atomic E-state index is -0.774. The number of rotatable bonds is 20. The van der Waals surface area contributed by atoms with Gasteiger partial charge in [-0.2, -0.15) is 0 Å². The Morgan fingerprint density at radius 2 is 1.41 bits per heavy atom. The van der Waals surface area contributed by atoms with Crippen LogP contribution in [0.4, 0.5) is 0 Å². The van der Waals surface area contributed by atoms with Gasteiger partial charge < -0.3 is 21.7 Å². The maximum Gasteiger partial charge on any atom is 0.226 e. The van der Waals surface area contributed by atoms with Crippen LogP contribution in [0, 0.1) is 17.8 Å². The van der Waals surface area contributed by atoms with E-state index in [1.807, 2.05) is 97.6 Å². The van der Waals surface area contributed by atoms with Gasteiger partial charge in [-0.15, -0.1) is 0 Å². The van der Waals surface area contributed by atoms with E-state index in [1.54, 1.807) is 6.20 Å². The fourth-order valence-corrected chi connectivity index (χ4v) is 7.07. The van der Waals surface area contributed by atoms with Gasteiger partial charge in [-0.05, 0) is 80.7 Å². The van der Waals surface area contributed by atoms with Crippen molar-refractivity contribution in [2.24, 2.45) is 29.2 Å². The van der Waals surface area contributed by atoms with Crippen molar-refractivity contribution in [3.05, 3.63) is 102 Å². The minimum Gasteiger partial charge on any atom is -0.346 e. The first-order valence-electron chi connectivity index (χ1n) is 18.7. The number of ketones is 2. The summed E-state index contributed by atoms with van der Waals surface area (Å²) in [4.78, 5) is 61.9. The zero-order chi connectivity index (χ0) is 36.6. The number of benzene rings is 2. The molecule has 5 N–H and O–H groups in total. The topological polar surface area (TPSA) is 148 Å². The molecule has 4 rings (SSSR count). The molecule has 3 aromatic rings. The van der Waals surface area contributed by atoms with Crippen molar-refractivity contribution < 1.29 is 19.2 Å². The van der Waals surface area contributed by atoms with Gasteiger partial charge in [0, 0.05) is 55.6 Å². The Morgan fingerprint density at radius 1 is 0.804 bits per heavy atom. The van der Waals surface area contributed by atoms with Crippen molar-refractivity contribution in [3.8, 4) is 0 Å². The van der Waals surface area contributed by atoms with Crippen LogP contribution in [0.1, 0.15) is 88.0 Å². The number of unbranched alkanes of at least 4 members (excludes halogenated alkanes) is 1. The molecule has 2 heterocycles. The fraction of sp³-hybridized carbons (Fsp3) is 0.500. The number of pyridine rings is 1. The largest absolute Gasteiger partial charge is 0.346 e. The average molecular weight is 696 g/mol. The summed E-state index contributed by atoms with van der Waals surface area (Å²) in [6, 6.07) is 23.6.